The second-order valence-electron chi connectivity index (χ2n) is 6.31. The SMILES string of the molecule is CCN(C(C)COC)C(C)CC(C)(NC(C)C)C(=O)OC. The third-order valence-electron chi connectivity index (χ3n) is 3.85. The van der Waals surface area contributed by atoms with Crippen LogP contribution >= 0.6 is 0 Å². The molecule has 3 atom stereocenters. The fourth-order valence-electron chi connectivity index (χ4n) is 3.17. The highest BCUT2D eigenvalue weighted by molar-refractivity contribution is 5.80. The first-order valence-corrected chi connectivity index (χ1v) is 7.82. The molecule has 0 aromatic heterocycles. The van der Waals surface area contributed by atoms with Gasteiger partial charge < -0.3 is 9.47 Å². The highest BCUT2D eigenvalue weighted by Crippen LogP contribution is 2.20. The predicted octanol–water partition coefficient (Wildman–Crippen LogP) is 2.05. The van der Waals surface area contributed by atoms with Gasteiger partial charge in [0, 0.05) is 25.2 Å². The lowest BCUT2D eigenvalue weighted by Crippen LogP contribution is -2.57. The van der Waals surface area contributed by atoms with Gasteiger partial charge in [-0.1, -0.05) is 6.92 Å². The number of hydrogen-bond acceptors (Lipinski definition) is 5. The Balaban J connectivity index is 5.00. The largest absolute Gasteiger partial charge is 0.468 e. The van der Waals surface area contributed by atoms with Gasteiger partial charge in [-0.2, -0.15) is 0 Å². The van der Waals surface area contributed by atoms with E-state index < -0.39 is 5.54 Å². The molecule has 0 amide bonds. The molecule has 0 bridgehead atoms. The van der Waals surface area contributed by atoms with Crippen molar-refractivity contribution in [3.63, 3.8) is 0 Å². The van der Waals surface area contributed by atoms with Crippen molar-refractivity contribution < 1.29 is 14.3 Å². The molecule has 1 N–H and O–H groups in total. The summed E-state index contributed by atoms with van der Waals surface area (Å²) in [6.07, 6.45) is 0.694. The first-order chi connectivity index (χ1) is 9.71. The zero-order chi connectivity index (χ0) is 16.6. The molecular weight excluding hydrogens is 268 g/mol. The van der Waals surface area contributed by atoms with Crippen molar-refractivity contribution in [2.24, 2.45) is 0 Å². The normalized spacial score (nSPS) is 17.6. The molecule has 0 aliphatic heterocycles. The molecule has 5 nitrogen and oxygen atoms in total. The van der Waals surface area contributed by atoms with E-state index in [1.807, 2.05) is 20.8 Å². The van der Waals surface area contributed by atoms with Crippen LogP contribution in [-0.2, 0) is 14.3 Å². The van der Waals surface area contributed by atoms with E-state index in [1.165, 1.54) is 7.11 Å². The molecule has 0 aromatic carbocycles. The summed E-state index contributed by atoms with van der Waals surface area (Å²) < 4.78 is 10.2. The topological polar surface area (TPSA) is 50.8 Å². The molecule has 0 spiro atoms. The Hall–Kier alpha value is -0.650. The van der Waals surface area contributed by atoms with E-state index in [0.717, 1.165) is 6.54 Å². The Morgan fingerprint density at radius 2 is 1.76 bits per heavy atom. The van der Waals surface area contributed by atoms with Gasteiger partial charge in [-0.3, -0.25) is 15.0 Å². The fraction of sp³-hybridized carbons (Fsp3) is 0.938. The monoisotopic (exact) mass is 302 g/mol. The number of hydrogen-bond donors (Lipinski definition) is 1. The third-order valence-corrected chi connectivity index (χ3v) is 3.85. The maximum atomic E-state index is 12.2. The summed E-state index contributed by atoms with van der Waals surface area (Å²) in [5, 5.41) is 3.36. The van der Waals surface area contributed by atoms with Crippen molar-refractivity contribution in [2.45, 2.75) is 71.6 Å². The van der Waals surface area contributed by atoms with Crippen molar-refractivity contribution in [3.8, 4) is 0 Å². The summed E-state index contributed by atoms with van der Waals surface area (Å²) >= 11 is 0. The average molecular weight is 302 g/mol. The first kappa shape index (κ1) is 20.3. The van der Waals surface area contributed by atoms with E-state index in [2.05, 4.69) is 31.0 Å². The van der Waals surface area contributed by atoms with Crippen molar-refractivity contribution in [1.82, 2.24) is 10.2 Å². The van der Waals surface area contributed by atoms with Gasteiger partial charge in [0.2, 0.25) is 0 Å². The summed E-state index contributed by atoms with van der Waals surface area (Å²) in [4.78, 5) is 14.5. The Morgan fingerprint density at radius 1 is 1.19 bits per heavy atom. The number of methoxy groups -OCH3 is 2. The highest BCUT2D eigenvalue weighted by atomic mass is 16.5. The minimum Gasteiger partial charge on any atom is -0.468 e. The van der Waals surface area contributed by atoms with Gasteiger partial charge in [0.25, 0.3) is 0 Å². The lowest BCUT2D eigenvalue weighted by molar-refractivity contribution is -0.149. The quantitative estimate of drug-likeness (QED) is 0.626. The van der Waals surface area contributed by atoms with Gasteiger partial charge in [0.1, 0.15) is 5.54 Å². The van der Waals surface area contributed by atoms with Crippen LogP contribution in [0.4, 0.5) is 0 Å². The fourth-order valence-corrected chi connectivity index (χ4v) is 3.17. The van der Waals surface area contributed by atoms with Crippen LogP contribution in [0.5, 0.6) is 0 Å². The number of rotatable bonds is 10. The summed E-state index contributed by atoms with van der Waals surface area (Å²) in [5.41, 5.74) is -0.678. The average Bonchev–Trinajstić information content (AvgIpc) is 2.37. The van der Waals surface area contributed by atoms with Crippen LogP contribution in [0.1, 0.15) is 48.0 Å². The van der Waals surface area contributed by atoms with Crippen LogP contribution in [0.2, 0.25) is 0 Å². The molecule has 0 aromatic rings. The minimum absolute atomic E-state index is 0.210. The smallest absolute Gasteiger partial charge is 0.325 e. The van der Waals surface area contributed by atoms with Crippen LogP contribution < -0.4 is 5.32 Å². The van der Waals surface area contributed by atoms with Gasteiger partial charge in [0.05, 0.1) is 13.7 Å². The van der Waals surface area contributed by atoms with Crippen molar-refractivity contribution in [2.75, 3.05) is 27.4 Å². The van der Waals surface area contributed by atoms with E-state index in [4.69, 9.17) is 9.47 Å². The predicted molar refractivity (Wildman–Crippen MR) is 86.5 cm³/mol. The Bertz CT molecular complexity index is 310. The number of nitrogens with one attached hydrogen (secondary N) is 1. The molecule has 21 heavy (non-hydrogen) atoms. The maximum absolute atomic E-state index is 12.2. The Labute approximate surface area is 130 Å². The first-order valence-electron chi connectivity index (χ1n) is 7.82. The number of carbonyl (C=O) groups is 1. The molecule has 3 unspecified atom stereocenters. The van der Waals surface area contributed by atoms with E-state index in [0.29, 0.717) is 19.1 Å². The summed E-state index contributed by atoms with van der Waals surface area (Å²) in [6, 6.07) is 0.777. The molecule has 0 rings (SSSR count). The maximum Gasteiger partial charge on any atom is 0.325 e. The zero-order valence-corrected chi connectivity index (χ0v) is 15.0. The van der Waals surface area contributed by atoms with Gasteiger partial charge in [-0.25, -0.2) is 0 Å². The second kappa shape index (κ2) is 9.38. The summed E-state index contributed by atoms with van der Waals surface area (Å²) in [6.45, 7) is 14.0. The van der Waals surface area contributed by atoms with Gasteiger partial charge in [-0.15, -0.1) is 0 Å². The molecule has 0 aliphatic rings. The number of esters is 1. The molecule has 0 saturated heterocycles. The molecule has 126 valence electrons. The molecular formula is C16H34N2O3. The third kappa shape index (κ3) is 6.32. The zero-order valence-electron chi connectivity index (χ0n) is 15.0. The van der Waals surface area contributed by atoms with E-state index >= 15 is 0 Å². The second-order valence-corrected chi connectivity index (χ2v) is 6.31. The number of ether oxygens (including phenoxy) is 2. The van der Waals surface area contributed by atoms with Crippen molar-refractivity contribution in [3.05, 3.63) is 0 Å². The van der Waals surface area contributed by atoms with Gasteiger partial charge in [-0.05, 0) is 47.6 Å². The highest BCUT2D eigenvalue weighted by Gasteiger charge is 2.37. The van der Waals surface area contributed by atoms with Gasteiger partial charge in [0.15, 0.2) is 0 Å². The minimum atomic E-state index is -0.678. The van der Waals surface area contributed by atoms with E-state index in [9.17, 15) is 4.79 Å². The number of nitrogens with zero attached hydrogens (tertiary/aromatic N) is 1. The molecule has 5 heteroatoms. The number of likely N-dealkylation sites (N-methyl/N-ethyl adjacent to an activating group) is 1. The molecule has 0 aliphatic carbocycles. The van der Waals surface area contributed by atoms with Crippen molar-refractivity contribution in [1.29, 1.82) is 0 Å². The van der Waals surface area contributed by atoms with Gasteiger partial charge >= 0.3 is 5.97 Å². The van der Waals surface area contributed by atoms with Crippen LogP contribution in [-0.4, -0.2) is 61.9 Å². The lowest BCUT2D eigenvalue weighted by atomic mass is 9.91. The van der Waals surface area contributed by atoms with Crippen LogP contribution in [0.15, 0.2) is 0 Å². The standard InChI is InChI=1S/C16H34N2O3/c1-9-18(14(5)11-20-7)13(4)10-16(6,15(19)21-8)17-12(2)3/h12-14,17H,9-11H2,1-8H3. The number of carbonyl (C=O) groups excluding carboxylic acids is 1. The molecule has 0 fully saturated rings. The molecule has 0 radical (unpaired) electrons. The van der Waals surface area contributed by atoms with Crippen molar-refractivity contribution >= 4 is 5.97 Å². The Kier molecular flexibility index (Phi) is 9.09. The Morgan fingerprint density at radius 3 is 2.14 bits per heavy atom. The molecule has 0 saturated carbocycles. The summed E-state index contributed by atoms with van der Waals surface area (Å²) in [5.74, 6) is -0.210. The molecule has 0 heterocycles. The van der Waals surface area contributed by atoms with Crippen LogP contribution in [0.3, 0.4) is 0 Å². The van der Waals surface area contributed by atoms with Crippen LogP contribution in [0, 0.1) is 0 Å². The summed E-state index contributed by atoms with van der Waals surface area (Å²) in [7, 11) is 3.16. The van der Waals surface area contributed by atoms with Crippen LogP contribution in [0.25, 0.3) is 0 Å². The van der Waals surface area contributed by atoms with E-state index in [-0.39, 0.29) is 18.1 Å². The van der Waals surface area contributed by atoms with E-state index in [1.54, 1.807) is 7.11 Å². The lowest BCUT2D eigenvalue weighted by Gasteiger charge is -2.39.